The molecule has 0 fully saturated rings. The highest BCUT2D eigenvalue weighted by atomic mass is 35.5. The number of nitrogens with zero attached hydrogens (tertiary/aromatic N) is 2. The largest absolute Gasteiger partial charge is 0.355 e. The van der Waals surface area contributed by atoms with Gasteiger partial charge in [-0.2, -0.15) is 0 Å². The van der Waals surface area contributed by atoms with E-state index < -0.39 is 0 Å². The van der Waals surface area contributed by atoms with Crippen LogP contribution >= 0.6 is 11.6 Å². The highest BCUT2D eigenvalue weighted by Crippen LogP contribution is 2.00. The van der Waals surface area contributed by atoms with Gasteiger partial charge in [-0.3, -0.25) is 14.2 Å². The summed E-state index contributed by atoms with van der Waals surface area (Å²) in [6.45, 7) is 3.95. The predicted molar refractivity (Wildman–Crippen MR) is 56.9 cm³/mol. The van der Waals surface area contributed by atoms with Crippen molar-refractivity contribution in [3.05, 3.63) is 27.4 Å². The van der Waals surface area contributed by atoms with Crippen molar-refractivity contribution in [3.63, 3.8) is 0 Å². The minimum atomic E-state index is -0.321. The molecule has 0 bridgehead atoms. The number of aromatic nitrogens is 2. The lowest BCUT2D eigenvalue weighted by atomic mass is 10.4. The van der Waals surface area contributed by atoms with E-state index in [1.54, 1.807) is 6.92 Å². The van der Waals surface area contributed by atoms with Gasteiger partial charge >= 0.3 is 0 Å². The van der Waals surface area contributed by atoms with Crippen LogP contribution < -0.4 is 10.9 Å². The Balaban J connectivity index is 2.95. The average molecular weight is 230 g/mol. The van der Waals surface area contributed by atoms with E-state index in [9.17, 15) is 9.59 Å². The number of hydrogen-bond acceptors (Lipinski definition) is 3. The SMILES string of the molecule is CCNC(=O)Cn1c(C)nc(Cl)cc1=O. The Bertz CT molecular complexity index is 428. The second-order valence-electron chi connectivity index (χ2n) is 3.00. The van der Waals surface area contributed by atoms with Crippen molar-refractivity contribution in [2.45, 2.75) is 20.4 Å². The average Bonchev–Trinajstić information content (AvgIpc) is 2.11. The van der Waals surface area contributed by atoms with Gasteiger partial charge < -0.3 is 5.32 Å². The van der Waals surface area contributed by atoms with Gasteiger partial charge in [0.25, 0.3) is 5.56 Å². The van der Waals surface area contributed by atoms with E-state index in [2.05, 4.69) is 10.3 Å². The van der Waals surface area contributed by atoms with Crippen LogP contribution in [0.2, 0.25) is 5.15 Å². The third-order valence-corrected chi connectivity index (χ3v) is 2.04. The summed E-state index contributed by atoms with van der Waals surface area (Å²) in [6, 6.07) is 1.19. The molecular formula is C9H12ClN3O2. The van der Waals surface area contributed by atoms with Crippen molar-refractivity contribution in [2.24, 2.45) is 0 Å². The van der Waals surface area contributed by atoms with Crippen LogP contribution in [0.5, 0.6) is 0 Å². The maximum atomic E-state index is 11.5. The second kappa shape index (κ2) is 4.93. The van der Waals surface area contributed by atoms with Crippen LogP contribution in [0.4, 0.5) is 0 Å². The first-order valence-corrected chi connectivity index (χ1v) is 4.93. The van der Waals surface area contributed by atoms with Gasteiger partial charge in [-0.15, -0.1) is 0 Å². The molecule has 1 N–H and O–H groups in total. The Hall–Kier alpha value is -1.36. The molecule has 1 aromatic rings. The first-order chi connectivity index (χ1) is 7.04. The van der Waals surface area contributed by atoms with Gasteiger partial charge in [0.2, 0.25) is 5.91 Å². The molecular weight excluding hydrogens is 218 g/mol. The third kappa shape index (κ3) is 3.06. The second-order valence-corrected chi connectivity index (χ2v) is 3.39. The van der Waals surface area contributed by atoms with E-state index >= 15 is 0 Å². The molecule has 0 saturated heterocycles. The molecule has 0 aliphatic rings. The summed E-state index contributed by atoms with van der Waals surface area (Å²) in [7, 11) is 0. The maximum Gasteiger partial charge on any atom is 0.255 e. The molecule has 0 aliphatic carbocycles. The number of likely N-dealkylation sites (N-methyl/N-ethyl adjacent to an activating group) is 1. The maximum absolute atomic E-state index is 11.5. The van der Waals surface area contributed by atoms with Crippen LogP contribution in [0, 0.1) is 6.92 Å². The molecule has 0 aromatic carbocycles. The number of halogens is 1. The van der Waals surface area contributed by atoms with Gasteiger partial charge in [0, 0.05) is 12.6 Å². The monoisotopic (exact) mass is 229 g/mol. The van der Waals surface area contributed by atoms with E-state index in [0.717, 1.165) is 0 Å². The Morgan fingerprint density at radius 1 is 1.67 bits per heavy atom. The topological polar surface area (TPSA) is 64.0 Å². The fraction of sp³-hybridized carbons (Fsp3) is 0.444. The highest BCUT2D eigenvalue weighted by Gasteiger charge is 2.07. The summed E-state index contributed by atoms with van der Waals surface area (Å²) in [5.41, 5.74) is -0.321. The number of amides is 1. The van der Waals surface area contributed by atoms with Gasteiger partial charge in [-0.25, -0.2) is 4.98 Å². The van der Waals surface area contributed by atoms with E-state index in [1.165, 1.54) is 10.6 Å². The number of aryl methyl sites for hydroxylation is 1. The zero-order chi connectivity index (χ0) is 11.4. The fourth-order valence-electron chi connectivity index (χ4n) is 1.18. The van der Waals surface area contributed by atoms with E-state index in [-0.39, 0.29) is 23.2 Å². The van der Waals surface area contributed by atoms with Gasteiger partial charge in [0.15, 0.2) is 0 Å². The van der Waals surface area contributed by atoms with Crippen LogP contribution in [0.25, 0.3) is 0 Å². The zero-order valence-electron chi connectivity index (χ0n) is 8.58. The normalized spacial score (nSPS) is 10.1. The number of rotatable bonds is 3. The summed E-state index contributed by atoms with van der Waals surface area (Å²) in [5.74, 6) is 0.213. The van der Waals surface area contributed by atoms with Crippen molar-refractivity contribution >= 4 is 17.5 Å². The highest BCUT2D eigenvalue weighted by molar-refractivity contribution is 6.29. The molecule has 1 rings (SSSR count). The summed E-state index contributed by atoms with van der Waals surface area (Å²) in [4.78, 5) is 26.6. The molecule has 1 aromatic heterocycles. The van der Waals surface area contributed by atoms with Crippen molar-refractivity contribution in [2.75, 3.05) is 6.54 Å². The summed E-state index contributed by atoms with van der Waals surface area (Å²) < 4.78 is 1.27. The minimum Gasteiger partial charge on any atom is -0.355 e. The van der Waals surface area contributed by atoms with Crippen LogP contribution in [-0.4, -0.2) is 22.0 Å². The summed E-state index contributed by atoms with van der Waals surface area (Å²) in [6.07, 6.45) is 0. The molecule has 1 amide bonds. The van der Waals surface area contributed by atoms with E-state index in [1.807, 2.05) is 6.92 Å². The quantitative estimate of drug-likeness (QED) is 0.761. The number of carbonyl (C=O) groups excluding carboxylic acids is 1. The first kappa shape index (κ1) is 11.7. The van der Waals surface area contributed by atoms with Crippen LogP contribution in [0.15, 0.2) is 10.9 Å². The molecule has 1 heterocycles. The van der Waals surface area contributed by atoms with Gasteiger partial charge in [-0.1, -0.05) is 11.6 Å². The Kier molecular flexibility index (Phi) is 3.85. The smallest absolute Gasteiger partial charge is 0.255 e. The van der Waals surface area contributed by atoms with Crippen molar-refractivity contribution in [1.29, 1.82) is 0 Å². The van der Waals surface area contributed by atoms with E-state index in [0.29, 0.717) is 12.4 Å². The number of nitrogens with one attached hydrogen (secondary N) is 1. The third-order valence-electron chi connectivity index (χ3n) is 1.84. The standard InChI is InChI=1S/C9H12ClN3O2/c1-3-11-8(14)5-13-6(2)12-7(10)4-9(13)15/h4H,3,5H2,1-2H3,(H,11,14). The Morgan fingerprint density at radius 3 is 2.87 bits per heavy atom. The van der Waals surface area contributed by atoms with Gasteiger partial charge in [0.05, 0.1) is 0 Å². The zero-order valence-corrected chi connectivity index (χ0v) is 9.34. The fourth-order valence-corrected chi connectivity index (χ4v) is 1.39. The van der Waals surface area contributed by atoms with Crippen molar-refractivity contribution in [1.82, 2.24) is 14.9 Å². The lowest BCUT2D eigenvalue weighted by Crippen LogP contribution is -2.33. The van der Waals surface area contributed by atoms with E-state index in [4.69, 9.17) is 11.6 Å². The molecule has 5 nitrogen and oxygen atoms in total. The lowest BCUT2D eigenvalue weighted by Gasteiger charge is -2.08. The van der Waals surface area contributed by atoms with Crippen LogP contribution in [0.3, 0.4) is 0 Å². The molecule has 0 spiro atoms. The minimum absolute atomic E-state index is 0.0251. The molecule has 6 heteroatoms. The summed E-state index contributed by atoms with van der Waals surface area (Å²) in [5, 5.41) is 2.75. The number of carbonyl (C=O) groups is 1. The number of hydrogen-bond donors (Lipinski definition) is 1. The summed E-state index contributed by atoms with van der Waals surface area (Å²) >= 11 is 5.59. The molecule has 0 saturated carbocycles. The van der Waals surface area contributed by atoms with Crippen LogP contribution in [0.1, 0.15) is 12.7 Å². The molecule has 0 atom stereocenters. The van der Waals surface area contributed by atoms with Gasteiger partial charge in [0.1, 0.15) is 17.5 Å². The van der Waals surface area contributed by atoms with Crippen molar-refractivity contribution in [3.8, 4) is 0 Å². The molecule has 0 aliphatic heterocycles. The van der Waals surface area contributed by atoms with Gasteiger partial charge in [-0.05, 0) is 13.8 Å². The molecule has 15 heavy (non-hydrogen) atoms. The molecule has 82 valence electrons. The van der Waals surface area contributed by atoms with Crippen molar-refractivity contribution < 1.29 is 4.79 Å². The molecule has 0 unspecified atom stereocenters. The molecule has 0 radical (unpaired) electrons. The lowest BCUT2D eigenvalue weighted by molar-refractivity contribution is -0.121. The Morgan fingerprint density at radius 2 is 2.33 bits per heavy atom. The predicted octanol–water partition coefficient (Wildman–Crippen LogP) is 0.341. The first-order valence-electron chi connectivity index (χ1n) is 4.55. The Labute approximate surface area is 92.1 Å². The van der Waals surface area contributed by atoms with Crippen LogP contribution in [-0.2, 0) is 11.3 Å².